The Morgan fingerprint density at radius 3 is 2.43 bits per heavy atom. The highest BCUT2D eigenvalue weighted by molar-refractivity contribution is 5.80. The monoisotopic (exact) mass is 414 g/mol. The Balaban J connectivity index is 1.46. The average molecular weight is 415 g/mol. The Labute approximate surface area is 183 Å². The van der Waals surface area contributed by atoms with Crippen LogP contribution in [0.1, 0.15) is 83.5 Å². The first-order chi connectivity index (χ1) is 14.8. The lowest BCUT2D eigenvalue weighted by atomic mass is 9.74. The van der Waals surface area contributed by atoms with Gasteiger partial charge in [-0.1, -0.05) is 50.7 Å². The van der Waals surface area contributed by atoms with Gasteiger partial charge in [-0.15, -0.1) is 0 Å². The van der Waals surface area contributed by atoms with E-state index >= 15 is 0 Å². The summed E-state index contributed by atoms with van der Waals surface area (Å²) in [4.78, 5) is 18.1. The van der Waals surface area contributed by atoms with Gasteiger partial charge in [-0.3, -0.25) is 9.69 Å². The van der Waals surface area contributed by atoms with Gasteiger partial charge < -0.3 is 10.0 Å². The summed E-state index contributed by atoms with van der Waals surface area (Å²) in [6.45, 7) is 3.09. The standard InChI is InChI=1S/C26H42N2O2/c29-18-17-27(19-21-9-3-1-4-10-21)20-25(30)28-16-15-22-11-7-8-14-24(22)26(28)23-12-5-2-6-13-23/h11,14,21,23,26,29H,1-10,12-13,15-20H2. The number of amides is 1. The van der Waals surface area contributed by atoms with Crippen molar-refractivity contribution >= 4 is 5.91 Å². The Morgan fingerprint density at radius 2 is 1.70 bits per heavy atom. The molecule has 0 spiro atoms. The highest BCUT2D eigenvalue weighted by atomic mass is 16.3. The maximum atomic E-state index is 13.6. The summed E-state index contributed by atoms with van der Waals surface area (Å²) in [6, 6.07) is 0.295. The molecule has 0 aromatic rings. The molecule has 168 valence electrons. The zero-order valence-corrected chi connectivity index (χ0v) is 18.9. The van der Waals surface area contributed by atoms with Crippen LogP contribution in [0.15, 0.2) is 23.3 Å². The molecule has 30 heavy (non-hydrogen) atoms. The van der Waals surface area contributed by atoms with Crippen LogP contribution in [-0.4, -0.2) is 59.6 Å². The van der Waals surface area contributed by atoms with Crippen LogP contribution in [0.25, 0.3) is 0 Å². The predicted octanol–water partition coefficient (Wildman–Crippen LogP) is 4.69. The second-order valence-electron chi connectivity index (χ2n) is 10.1. The van der Waals surface area contributed by atoms with Gasteiger partial charge in [-0.05, 0) is 67.9 Å². The Kier molecular flexibility index (Phi) is 8.06. The van der Waals surface area contributed by atoms with Crippen molar-refractivity contribution in [3.05, 3.63) is 23.3 Å². The van der Waals surface area contributed by atoms with Crippen LogP contribution < -0.4 is 0 Å². The highest BCUT2D eigenvalue weighted by Gasteiger charge is 2.39. The summed E-state index contributed by atoms with van der Waals surface area (Å²) >= 11 is 0. The highest BCUT2D eigenvalue weighted by Crippen LogP contribution is 2.40. The van der Waals surface area contributed by atoms with E-state index in [0.29, 0.717) is 36.9 Å². The Morgan fingerprint density at radius 1 is 1.00 bits per heavy atom. The summed E-state index contributed by atoms with van der Waals surface area (Å²) in [7, 11) is 0. The molecule has 1 saturated heterocycles. The molecule has 1 N–H and O–H groups in total. The third-order valence-corrected chi connectivity index (χ3v) is 8.00. The van der Waals surface area contributed by atoms with Crippen LogP contribution in [0.3, 0.4) is 0 Å². The first-order valence-electron chi connectivity index (χ1n) is 12.8. The Hall–Kier alpha value is -1.13. The molecule has 0 bridgehead atoms. The first-order valence-corrected chi connectivity index (χ1v) is 12.8. The van der Waals surface area contributed by atoms with Crippen LogP contribution in [-0.2, 0) is 4.79 Å². The van der Waals surface area contributed by atoms with E-state index in [1.54, 1.807) is 0 Å². The third kappa shape index (κ3) is 5.37. The topological polar surface area (TPSA) is 43.8 Å². The number of likely N-dealkylation sites (tertiary alicyclic amines) is 1. The van der Waals surface area contributed by atoms with Crippen molar-refractivity contribution in [3.63, 3.8) is 0 Å². The van der Waals surface area contributed by atoms with E-state index in [2.05, 4.69) is 22.0 Å². The number of rotatable bonds is 7. The third-order valence-electron chi connectivity index (χ3n) is 8.00. The van der Waals surface area contributed by atoms with Crippen molar-refractivity contribution in [1.29, 1.82) is 0 Å². The van der Waals surface area contributed by atoms with Gasteiger partial charge in [0.2, 0.25) is 5.91 Å². The van der Waals surface area contributed by atoms with Crippen molar-refractivity contribution in [1.82, 2.24) is 9.80 Å². The van der Waals surface area contributed by atoms with E-state index in [0.717, 1.165) is 32.4 Å². The first kappa shape index (κ1) is 22.1. The molecular formula is C26H42N2O2. The molecule has 1 heterocycles. The predicted molar refractivity (Wildman–Crippen MR) is 122 cm³/mol. The van der Waals surface area contributed by atoms with E-state index in [4.69, 9.17) is 0 Å². The summed E-state index contributed by atoms with van der Waals surface area (Å²) < 4.78 is 0. The number of aliphatic hydroxyl groups excluding tert-OH is 1. The molecule has 4 aliphatic rings. The fourth-order valence-corrected chi connectivity index (χ4v) is 6.48. The van der Waals surface area contributed by atoms with Crippen molar-refractivity contribution < 1.29 is 9.90 Å². The van der Waals surface area contributed by atoms with Crippen LogP contribution in [0.2, 0.25) is 0 Å². The molecule has 4 rings (SSSR count). The number of hydrogen-bond donors (Lipinski definition) is 1. The van der Waals surface area contributed by atoms with Crippen molar-refractivity contribution in [2.24, 2.45) is 11.8 Å². The Bertz CT molecular complexity index is 629. The van der Waals surface area contributed by atoms with Gasteiger partial charge >= 0.3 is 0 Å². The lowest BCUT2D eigenvalue weighted by Gasteiger charge is -2.46. The van der Waals surface area contributed by atoms with E-state index in [1.165, 1.54) is 75.4 Å². The maximum absolute atomic E-state index is 13.6. The fourth-order valence-electron chi connectivity index (χ4n) is 6.48. The maximum Gasteiger partial charge on any atom is 0.237 e. The molecule has 2 saturated carbocycles. The number of carbonyl (C=O) groups excluding carboxylic acids is 1. The molecular weight excluding hydrogens is 372 g/mol. The van der Waals surface area contributed by atoms with Crippen LogP contribution in [0.5, 0.6) is 0 Å². The number of fused-ring (bicyclic) bond motifs is 1. The van der Waals surface area contributed by atoms with Crippen molar-refractivity contribution in [2.75, 3.05) is 32.8 Å². The molecule has 4 nitrogen and oxygen atoms in total. The van der Waals surface area contributed by atoms with Gasteiger partial charge in [0.15, 0.2) is 0 Å². The van der Waals surface area contributed by atoms with Gasteiger partial charge in [-0.25, -0.2) is 0 Å². The molecule has 1 atom stereocenters. The number of carbonyl (C=O) groups is 1. The minimum atomic E-state index is 0.143. The van der Waals surface area contributed by atoms with Crippen LogP contribution in [0, 0.1) is 11.8 Å². The summed E-state index contributed by atoms with van der Waals surface area (Å²) in [5.41, 5.74) is 3.00. The quantitative estimate of drug-likeness (QED) is 0.657. The number of aliphatic hydroxyl groups is 1. The molecule has 3 aliphatic carbocycles. The van der Waals surface area contributed by atoms with Crippen molar-refractivity contribution in [2.45, 2.75) is 89.5 Å². The molecule has 0 aromatic carbocycles. The van der Waals surface area contributed by atoms with Crippen molar-refractivity contribution in [3.8, 4) is 0 Å². The minimum Gasteiger partial charge on any atom is -0.395 e. The number of nitrogens with zero attached hydrogens (tertiary/aromatic N) is 2. The summed E-state index contributed by atoms with van der Waals surface area (Å²) in [5.74, 6) is 1.62. The van der Waals surface area contributed by atoms with E-state index in [1.807, 2.05) is 0 Å². The molecule has 3 fully saturated rings. The molecule has 4 heteroatoms. The number of allylic oxidation sites excluding steroid dienone is 2. The lowest BCUT2D eigenvalue weighted by molar-refractivity contribution is -0.136. The number of piperidine rings is 1. The molecule has 1 unspecified atom stereocenters. The van der Waals surface area contributed by atoms with E-state index < -0.39 is 0 Å². The summed E-state index contributed by atoms with van der Waals surface area (Å²) in [6.07, 6.45) is 21.3. The zero-order valence-electron chi connectivity index (χ0n) is 18.9. The number of hydrogen-bond acceptors (Lipinski definition) is 3. The van der Waals surface area contributed by atoms with Gasteiger partial charge in [0.05, 0.1) is 19.2 Å². The minimum absolute atomic E-state index is 0.143. The van der Waals surface area contributed by atoms with Gasteiger partial charge in [-0.2, -0.15) is 0 Å². The normalized spacial score (nSPS) is 26.3. The van der Waals surface area contributed by atoms with Gasteiger partial charge in [0, 0.05) is 19.6 Å². The average Bonchev–Trinajstić information content (AvgIpc) is 2.79. The SMILES string of the molecule is O=C(CN(CCO)CC1CCCCC1)N1CCC2=CCCC=C2C1C1CCCCC1. The molecule has 0 aromatic heterocycles. The van der Waals surface area contributed by atoms with E-state index in [9.17, 15) is 9.90 Å². The smallest absolute Gasteiger partial charge is 0.237 e. The molecule has 0 radical (unpaired) electrons. The second-order valence-corrected chi connectivity index (χ2v) is 10.1. The zero-order chi connectivity index (χ0) is 20.8. The van der Waals surface area contributed by atoms with Gasteiger partial charge in [0.25, 0.3) is 0 Å². The van der Waals surface area contributed by atoms with Gasteiger partial charge in [0.1, 0.15) is 0 Å². The van der Waals surface area contributed by atoms with Crippen LogP contribution in [0.4, 0.5) is 0 Å². The second kappa shape index (κ2) is 10.9. The molecule has 1 amide bonds. The summed E-state index contributed by atoms with van der Waals surface area (Å²) in [5, 5.41) is 9.62. The largest absolute Gasteiger partial charge is 0.395 e. The van der Waals surface area contributed by atoms with Crippen LogP contribution >= 0.6 is 0 Å². The van der Waals surface area contributed by atoms with E-state index in [-0.39, 0.29) is 6.61 Å². The fraction of sp³-hybridized carbons (Fsp3) is 0.808. The lowest BCUT2D eigenvalue weighted by Crippen LogP contribution is -2.53. The molecule has 1 aliphatic heterocycles.